The summed E-state index contributed by atoms with van der Waals surface area (Å²) in [5.74, 6) is -0.946. The van der Waals surface area contributed by atoms with Crippen LogP contribution in [0, 0.1) is 25.5 Å². The zero-order chi connectivity index (χ0) is 32.3. The Hall–Kier alpha value is -4.34. The third-order valence-corrected chi connectivity index (χ3v) is 12.4. The molecule has 0 bridgehead atoms. The van der Waals surface area contributed by atoms with Crippen LogP contribution < -0.4 is 10.2 Å². The Labute approximate surface area is 267 Å². The average molecular weight is 660 g/mol. The SMILES string of the molecule is Cc1noc(C)c1C1=CN=C(c2ccc3nc(N4CCCCC4=O)n(-c4ccc(F)c(F)c4)c3c2)[SH]1c1ccc(P(C)(C)=O)cc1. The molecule has 1 saturated heterocycles. The Morgan fingerprint density at radius 1 is 0.957 bits per heavy atom. The second-order valence-electron chi connectivity index (χ2n) is 11.9. The summed E-state index contributed by atoms with van der Waals surface area (Å²) in [4.78, 5) is 26.4. The van der Waals surface area contributed by atoms with Gasteiger partial charge in [-0.2, -0.15) is 10.9 Å². The first kappa shape index (κ1) is 30.3. The number of hydrogen-bond donors (Lipinski definition) is 1. The fourth-order valence-corrected chi connectivity index (χ4v) is 9.43. The van der Waals surface area contributed by atoms with Gasteiger partial charge in [0.2, 0.25) is 11.9 Å². The zero-order valence-corrected chi connectivity index (χ0v) is 27.6. The summed E-state index contributed by atoms with van der Waals surface area (Å²) in [5, 5.41) is 5.81. The maximum atomic E-state index is 14.6. The molecule has 0 saturated carbocycles. The van der Waals surface area contributed by atoms with E-state index in [4.69, 9.17) is 14.5 Å². The summed E-state index contributed by atoms with van der Waals surface area (Å²) in [7, 11) is -3.65. The molecule has 1 atom stereocenters. The van der Waals surface area contributed by atoms with Crippen molar-refractivity contribution in [1.29, 1.82) is 0 Å². The van der Waals surface area contributed by atoms with Crippen LogP contribution in [0.5, 0.6) is 0 Å². The molecule has 0 N–H and O–H groups in total. The van der Waals surface area contributed by atoms with Crippen LogP contribution in [0.2, 0.25) is 0 Å². The number of thiol groups is 1. The van der Waals surface area contributed by atoms with Crippen LogP contribution in [0.4, 0.5) is 14.7 Å². The van der Waals surface area contributed by atoms with E-state index < -0.39 is 29.7 Å². The van der Waals surface area contributed by atoms with Gasteiger partial charge in [-0.15, -0.1) is 0 Å². The first-order valence-electron chi connectivity index (χ1n) is 15.0. The second-order valence-corrected chi connectivity index (χ2v) is 17.2. The summed E-state index contributed by atoms with van der Waals surface area (Å²) in [6.45, 7) is 7.77. The maximum absolute atomic E-state index is 14.6. The lowest BCUT2D eigenvalue weighted by Gasteiger charge is -2.26. The summed E-state index contributed by atoms with van der Waals surface area (Å²) in [5.41, 5.74) is 4.08. The van der Waals surface area contributed by atoms with Gasteiger partial charge in [0, 0.05) is 41.0 Å². The largest absolute Gasteiger partial charge is 0.361 e. The van der Waals surface area contributed by atoms with Crippen LogP contribution in [0.25, 0.3) is 21.6 Å². The van der Waals surface area contributed by atoms with E-state index >= 15 is 0 Å². The third kappa shape index (κ3) is 5.21. The average Bonchev–Trinajstić information content (AvgIpc) is 3.72. The summed E-state index contributed by atoms with van der Waals surface area (Å²) in [6.07, 6.45) is 3.87. The van der Waals surface area contributed by atoms with Crippen LogP contribution in [-0.4, -0.2) is 45.5 Å². The predicted molar refractivity (Wildman–Crippen MR) is 180 cm³/mol. The van der Waals surface area contributed by atoms with Gasteiger partial charge in [-0.05, 0) is 81.3 Å². The summed E-state index contributed by atoms with van der Waals surface area (Å²) < 4.78 is 48.7. The number of amides is 1. The molecule has 2 aliphatic heterocycles. The Morgan fingerprint density at radius 2 is 1.74 bits per heavy atom. The minimum Gasteiger partial charge on any atom is -0.361 e. The van der Waals surface area contributed by atoms with E-state index in [1.165, 1.54) is 6.07 Å². The van der Waals surface area contributed by atoms with Crippen LogP contribution in [-0.2, 0) is 9.36 Å². The fourth-order valence-electron chi connectivity index (χ4n) is 6.08. The minimum absolute atomic E-state index is 0.0604. The highest BCUT2D eigenvalue weighted by Gasteiger charge is 2.31. The van der Waals surface area contributed by atoms with Gasteiger partial charge in [-0.1, -0.05) is 23.4 Å². The van der Waals surface area contributed by atoms with Crippen molar-refractivity contribution < 1.29 is 22.7 Å². The zero-order valence-electron chi connectivity index (χ0n) is 25.8. The Morgan fingerprint density at radius 3 is 2.41 bits per heavy atom. The minimum atomic E-state index is -2.46. The molecule has 1 amide bonds. The number of aromatic nitrogens is 3. The summed E-state index contributed by atoms with van der Waals surface area (Å²) >= 11 is 0. The van der Waals surface area contributed by atoms with Gasteiger partial charge in [0.05, 0.1) is 33.0 Å². The smallest absolute Gasteiger partial charge is 0.229 e. The van der Waals surface area contributed by atoms with E-state index in [1.54, 1.807) is 22.8 Å². The van der Waals surface area contributed by atoms with Crippen molar-refractivity contribution >= 4 is 56.2 Å². The normalized spacial score (nSPS) is 17.9. The number of hydrogen-bond acceptors (Lipinski definition) is 6. The van der Waals surface area contributed by atoms with E-state index in [1.807, 2.05) is 62.5 Å². The molecular formula is C34H32F2N5O3PS. The molecular weight excluding hydrogens is 627 g/mol. The van der Waals surface area contributed by atoms with Gasteiger partial charge in [0.25, 0.3) is 0 Å². The highest BCUT2D eigenvalue weighted by atomic mass is 32.2. The Balaban J connectivity index is 1.40. The van der Waals surface area contributed by atoms with Crippen LogP contribution in [0.15, 0.2) is 81.3 Å². The number of piperidine rings is 1. The molecule has 1 fully saturated rings. The number of fused-ring (bicyclic) bond motifs is 1. The quantitative estimate of drug-likeness (QED) is 0.151. The predicted octanol–water partition coefficient (Wildman–Crippen LogP) is 7.49. The molecule has 4 heterocycles. The Kier molecular flexibility index (Phi) is 7.56. The number of carbonyl (C=O) groups excluding carboxylic acids is 1. The molecule has 12 heteroatoms. The lowest BCUT2D eigenvalue weighted by molar-refractivity contribution is -0.119. The number of rotatable bonds is 6. The molecule has 0 radical (unpaired) electrons. The van der Waals surface area contributed by atoms with Gasteiger partial charge < -0.3 is 9.09 Å². The number of aryl methyl sites for hydroxylation is 2. The van der Waals surface area contributed by atoms with E-state index in [-0.39, 0.29) is 5.91 Å². The molecule has 0 spiro atoms. The number of benzene rings is 3. The van der Waals surface area contributed by atoms with Crippen LogP contribution in [0.3, 0.4) is 0 Å². The first-order valence-corrected chi connectivity index (χ1v) is 18.9. The van der Waals surface area contributed by atoms with E-state index in [2.05, 4.69) is 5.16 Å². The molecule has 7 rings (SSSR count). The van der Waals surface area contributed by atoms with E-state index in [9.17, 15) is 18.1 Å². The molecule has 0 aliphatic carbocycles. The van der Waals surface area contributed by atoms with Crippen molar-refractivity contribution in [1.82, 2.24) is 14.7 Å². The number of imidazole rings is 1. The molecule has 1 unspecified atom stereocenters. The lowest BCUT2D eigenvalue weighted by atomic mass is 10.1. The number of aliphatic imine (C=N–C) groups is 1. The van der Waals surface area contributed by atoms with Gasteiger partial charge in [-0.25, -0.2) is 18.8 Å². The molecule has 236 valence electrons. The van der Waals surface area contributed by atoms with Crippen LogP contribution >= 0.6 is 18.0 Å². The lowest BCUT2D eigenvalue weighted by Crippen LogP contribution is -2.37. The number of halogens is 2. The number of anilines is 1. The van der Waals surface area contributed by atoms with Gasteiger partial charge in [0.1, 0.15) is 12.9 Å². The molecule has 2 aliphatic rings. The van der Waals surface area contributed by atoms with Crippen molar-refractivity contribution in [3.63, 3.8) is 0 Å². The molecule has 8 nitrogen and oxygen atoms in total. The van der Waals surface area contributed by atoms with Crippen molar-refractivity contribution in [3.8, 4) is 5.69 Å². The van der Waals surface area contributed by atoms with Gasteiger partial charge >= 0.3 is 0 Å². The highest BCUT2D eigenvalue weighted by molar-refractivity contribution is 8.37. The second kappa shape index (κ2) is 11.5. The number of carbonyl (C=O) groups is 1. The third-order valence-electron chi connectivity index (χ3n) is 8.40. The Bertz CT molecular complexity index is 2130. The maximum Gasteiger partial charge on any atom is 0.229 e. The van der Waals surface area contributed by atoms with Crippen molar-refractivity contribution in [3.05, 3.63) is 101 Å². The van der Waals surface area contributed by atoms with Crippen molar-refractivity contribution in [2.45, 2.75) is 38.0 Å². The van der Waals surface area contributed by atoms with Crippen molar-refractivity contribution in [2.24, 2.45) is 4.99 Å². The number of nitrogens with zero attached hydrogens (tertiary/aromatic N) is 5. The van der Waals surface area contributed by atoms with E-state index in [0.29, 0.717) is 41.4 Å². The molecule has 46 heavy (non-hydrogen) atoms. The molecule has 2 aromatic heterocycles. The van der Waals surface area contributed by atoms with Gasteiger partial charge in [0.15, 0.2) is 11.6 Å². The van der Waals surface area contributed by atoms with Crippen molar-refractivity contribution in [2.75, 3.05) is 24.8 Å². The molecule has 3 aromatic carbocycles. The monoisotopic (exact) mass is 659 g/mol. The van der Waals surface area contributed by atoms with Crippen LogP contribution in [0.1, 0.15) is 41.8 Å². The highest BCUT2D eigenvalue weighted by Crippen LogP contribution is 2.56. The standard InChI is InChI=1S/C34H32F2N5O3PS/c1-20-32(21(2)44-39-20)30-19-37-33(46(30)25-12-10-24(11-13-25)45(3,4)43)22-8-15-28-29(17-22)41(23-9-14-26(35)27(36)18-23)34(38-28)40-16-6-5-7-31(40)42/h8-15,17-19,46H,5-7,16H2,1-4H3. The molecule has 5 aromatic rings. The summed E-state index contributed by atoms with van der Waals surface area (Å²) in [6, 6.07) is 17.3. The topological polar surface area (TPSA) is 93.6 Å². The first-order chi connectivity index (χ1) is 22.0. The van der Waals surface area contributed by atoms with E-state index in [0.717, 1.165) is 61.9 Å². The van der Waals surface area contributed by atoms with Gasteiger partial charge in [-0.3, -0.25) is 14.3 Å². The fraction of sp³-hybridized carbons (Fsp3) is 0.235.